The van der Waals surface area contributed by atoms with Crippen molar-refractivity contribution in [2.24, 2.45) is 0 Å². The normalized spacial score (nSPS) is 14.0. The average molecular weight is 787 g/mol. The highest BCUT2D eigenvalue weighted by atomic mass is 31.2. The zero-order valence-electron chi connectivity index (χ0n) is 36.2. The van der Waals surface area contributed by atoms with Crippen molar-refractivity contribution in [3.8, 4) is 0 Å². The van der Waals surface area contributed by atoms with Crippen LogP contribution in [0.1, 0.15) is 200 Å². The molecule has 0 bridgehead atoms. The van der Waals surface area contributed by atoms with Crippen LogP contribution in [0.25, 0.3) is 0 Å². The molecule has 0 aromatic heterocycles. The van der Waals surface area contributed by atoms with E-state index in [0.717, 1.165) is 38.5 Å². The number of rotatable bonds is 42. The Morgan fingerprint density at radius 2 is 1.02 bits per heavy atom. The monoisotopic (exact) mass is 787 g/mol. The number of hydrogen-bond acceptors (Lipinski definition) is 6. The molecule has 0 aromatic rings. The van der Waals surface area contributed by atoms with Gasteiger partial charge >= 0.3 is 13.8 Å². The highest BCUT2D eigenvalue weighted by Crippen LogP contribution is 2.43. The zero-order chi connectivity index (χ0) is 39.9. The second-order valence-electron chi connectivity index (χ2n) is 16.4. The number of likely N-dealkylation sites (N-methyl/N-ethyl adjacent to an activating group) is 1. The summed E-state index contributed by atoms with van der Waals surface area (Å²) < 4.78 is 34.9. The largest absolute Gasteiger partial charge is 0.472 e. The van der Waals surface area contributed by atoms with Crippen LogP contribution in [0.3, 0.4) is 0 Å². The molecule has 0 aliphatic heterocycles. The van der Waals surface area contributed by atoms with E-state index in [1.165, 1.54) is 141 Å². The Morgan fingerprint density at radius 1 is 0.574 bits per heavy atom. The molecule has 0 radical (unpaired) electrons. The van der Waals surface area contributed by atoms with Crippen LogP contribution in [-0.4, -0.2) is 75.6 Å². The maximum Gasteiger partial charge on any atom is 0.472 e. The maximum atomic E-state index is 12.7. The molecule has 0 amide bonds. The summed E-state index contributed by atoms with van der Waals surface area (Å²) in [6.07, 6.45) is 43.6. The van der Waals surface area contributed by atoms with Gasteiger partial charge in [-0.1, -0.05) is 173 Å². The van der Waals surface area contributed by atoms with Crippen molar-refractivity contribution in [2.45, 2.75) is 206 Å². The molecule has 2 atom stereocenters. The fourth-order valence-corrected chi connectivity index (χ4v) is 6.97. The summed E-state index contributed by atoms with van der Waals surface area (Å²) in [5.41, 5.74) is 0. The molecule has 0 saturated heterocycles. The molecule has 0 aromatic carbocycles. The molecule has 9 heteroatoms. The predicted octanol–water partition coefficient (Wildman–Crippen LogP) is 13.2. The summed E-state index contributed by atoms with van der Waals surface area (Å²) in [6.45, 7) is 5.62. The fourth-order valence-electron chi connectivity index (χ4n) is 6.23. The number of phosphoric acid groups is 1. The Balaban J connectivity index is 4.07. The molecule has 0 aliphatic rings. The van der Waals surface area contributed by atoms with E-state index in [2.05, 4.69) is 38.2 Å². The van der Waals surface area contributed by atoms with Crippen molar-refractivity contribution in [1.82, 2.24) is 0 Å². The molecule has 0 spiro atoms. The van der Waals surface area contributed by atoms with E-state index in [-0.39, 0.29) is 25.8 Å². The Hall–Kier alpha value is -1.02. The first-order valence-electron chi connectivity index (χ1n) is 22.6. The minimum atomic E-state index is -4.27. The summed E-state index contributed by atoms with van der Waals surface area (Å²) in [6, 6.07) is 0. The number of ether oxygens (including phenoxy) is 2. The van der Waals surface area contributed by atoms with Gasteiger partial charge in [-0.2, -0.15) is 0 Å². The third kappa shape index (κ3) is 42.1. The van der Waals surface area contributed by atoms with Gasteiger partial charge in [-0.25, -0.2) is 4.57 Å². The van der Waals surface area contributed by atoms with Gasteiger partial charge in [0.15, 0.2) is 0 Å². The van der Waals surface area contributed by atoms with E-state index in [0.29, 0.717) is 24.1 Å². The Bertz CT molecular complexity index is 920. The van der Waals surface area contributed by atoms with Crippen molar-refractivity contribution in [3.63, 3.8) is 0 Å². The summed E-state index contributed by atoms with van der Waals surface area (Å²) in [7, 11) is 1.67. The van der Waals surface area contributed by atoms with E-state index < -0.39 is 13.9 Å². The van der Waals surface area contributed by atoms with Gasteiger partial charge in [0.25, 0.3) is 0 Å². The van der Waals surface area contributed by atoms with Crippen molar-refractivity contribution in [1.29, 1.82) is 0 Å². The SMILES string of the molecule is CCCCCCC/C=C\C/C=C\CCCCCCCCCCCCCC(=O)OC(COCCCCCCCCCCC)COP(=O)(O)OCC[N+](C)(C)C. The molecule has 0 aliphatic carbocycles. The Morgan fingerprint density at radius 3 is 1.50 bits per heavy atom. The molecule has 320 valence electrons. The summed E-state index contributed by atoms with van der Waals surface area (Å²) >= 11 is 0. The molecule has 0 rings (SSSR count). The lowest BCUT2D eigenvalue weighted by atomic mass is 10.0. The van der Waals surface area contributed by atoms with Gasteiger partial charge in [0, 0.05) is 13.0 Å². The molecule has 1 N–H and O–H groups in total. The number of unbranched alkanes of at least 4 members (excludes halogenated alkanes) is 24. The molecular weight excluding hydrogens is 697 g/mol. The van der Waals surface area contributed by atoms with Gasteiger partial charge < -0.3 is 18.9 Å². The lowest BCUT2D eigenvalue weighted by Gasteiger charge is -2.24. The highest BCUT2D eigenvalue weighted by Gasteiger charge is 2.26. The van der Waals surface area contributed by atoms with E-state index in [1.807, 2.05) is 21.1 Å². The summed E-state index contributed by atoms with van der Waals surface area (Å²) in [5, 5.41) is 0. The molecule has 0 saturated carbocycles. The van der Waals surface area contributed by atoms with Crippen LogP contribution in [0, 0.1) is 0 Å². The lowest BCUT2D eigenvalue weighted by Crippen LogP contribution is -2.37. The molecule has 0 heterocycles. The number of phosphoric ester groups is 1. The van der Waals surface area contributed by atoms with Crippen LogP contribution in [0.2, 0.25) is 0 Å². The number of nitrogens with zero attached hydrogens (tertiary/aromatic N) is 1. The predicted molar refractivity (Wildman–Crippen MR) is 229 cm³/mol. The number of hydrogen-bond donors (Lipinski definition) is 1. The summed E-state index contributed by atoms with van der Waals surface area (Å²) in [5.74, 6) is -0.315. The molecule has 2 unspecified atom stereocenters. The minimum Gasteiger partial charge on any atom is -0.457 e. The first kappa shape index (κ1) is 53.0. The summed E-state index contributed by atoms with van der Waals surface area (Å²) in [4.78, 5) is 22.8. The number of esters is 1. The van der Waals surface area contributed by atoms with Crippen molar-refractivity contribution in [3.05, 3.63) is 24.3 Å². The van der Waals surface area contributed by atoms with E-state index in [1.54, 1.807) is 0 Å². The third-order valence-electron chi connectivity index (χ3n) is 9.77. The third-order valence-corrected chi connectivity index (χ3v) is 10.7. The topological polar surface area (TPSA) is 91.3 Å². The van der Waals surface area contributed by atoms with Gasteiger partial charge in [-0.15, -0.1) is 0 Å². The van der Waals surface area contributed by atoms with Crippen molar-refractivity contribution in [2.75, 3.05) is 54.1 Å². The lowest BCUT2D eigenvalue weighted by molar-refractivity contribution is -0.870. The van der Waals surface area contributed by atoms with E-state index >= 15 is 0 Å². The van der Waals surface area contributed by atoms with Crippen LogP contribution in [-0.2, 0) is 27.9 Å². The average Bonchev–Trinajstić information content (AvgIpc) is 3.12. The smallest absolute Gasteiger partial charge is 0.457 e. The van der Waals surface area contributed by atoms with Gasteiger partial charge in [-0.3, -0.25) is 13.8 Å². The van der Waals surface area contributed by atoms with E-state index in [9.17, 15) is 14.3 Å². The van der Waals surface area contributed by atoms with Gasteiger partial charge in [0.1, 0.15) is 19.3 Å². The molecular formula is C45H89NO7P+. The Labute approximate surface area is 334 Å². The highest BCUT2D eigenvalue weighted by molar-refractivity contribution is 7.47. The van der Waals surface area contributed by atoms with Gasteiger partial charge in [-0.05, 0) is 44.9 Å². The van der Waals surface area contributed by atoms with Crippen LogP contribution in [0.4, 0.5) is 0 Å². The van der Waals surface area contributed by atoms with Crippen LogP contribution >= 0.6 is 7.82 Å². The number of quaternary nitrogens is 1. The maximum absolute atomic E-state index is 12.7. The number of carbonyl (C=O) groups excluding carboxylic acids is 1. The number of carbonyl (C=O) groups is 1. The van der Waals surface area contributed by atoms with Crippen LogP contribution in [0.15, 0.2) is 24.3 Å². The quantitative estimate of drug-likeness (QED) is 0.0217. The molecule has 54 heavy (non-hydrogen) atoms. The van der Waals surface area contributed by atoms with Gasteiger partial charge in [0.05, 0.1) is 34.4 Å². The zero-order valence-corrected chi connectivity index (χ0v) is 37.1. The second-order valence-corrected chi connectivity index (χ2v) is 17.9. The van der Waals surface area contributed by atoms with Gasteiger partial charge in [0.2, 0.25) is 0 Å². The number of allylic oxidation sites excluding steroid dienone is 4. The molecule has 8 nitrogen and oxygen atoms in total. The minimum absolute atomic E-state index is 0.0901. The van der Waals surface area contributed by atoms with Crippen LogP contribution < -0.4 is 0 Å². The van der Waals surface area contributed by atoms with Crippen molar-refractivity contribution >= 4 is 13.8 Å². The Kier molecular flexibility index (Phi) is 38.1. The standard InChI is InChI=1S/C45H88NO7P/c1-6-8-10-12-14-16-17-18-19-20-21-22-23-24-25-26-27-28-29-30-32-34-36-38-45(47)53-44(43-52-54(48,49)51-41-39-46(3,4)5)42-50-40-37-35-33-31-15-13-11-9-7-2/h17-18,20-21,44H,6-16,19,22-43H2,1-5H3/p+1/b18-17-,21-20-. The van der Waals surface area contributed by atoms with Crippen molar-refractivity contribution < 1.29 is 37.3 Å². The first-order chi connectivity index (χ1) is 26.1. The molecule has 0 fully saturated rings. The fraction of sp³-hybridized carbons (Fsp3) is 0.889. The first-order valence-corrected chi connectivity index (χ1v) is 24.1. The second kappa shape index (κ2) is 38.8. The van der Waals surface area contributed by atoms with E-state index in [4.69, 9.17) is 18.5 Å². The van der Waals surface area contributed by atoms with Crippen LogP contribution in [0.5, 0.6) is 0 Å².